The second-order valence-electron chi connectivity index (χ2n) is 6.82. The van der Waals surface area contributed by atoms with Gasteiger partial charge >= 0.3 is 0 Å². The van der Waals surface area contributed by atoms with E-state index in [9.17, 15) is 9.59 Å². The van der Waals surface area contributed by atoms with Crippen molar-refractivity contribution in [3.05, 3.63) is 64.1 Å². The number of amides is 1. The van der Waals surface area contributed by atoms with E-state index in [0.29, 0.717) is 30.0 Å². The third-order valence-electron chi connectivity index (χ3n) is 4.15. The highest BCUT2D eigenvalue weighted by Gasteiger charge is 2.22. The van der Waals surface area contributed by atoms with Crippen LogP contribution in [0.25, 0.3) is 5.57 Å². The summed E-state index contributed by atoms with van der Waals surface area (Å²) >= 11 is 0. The second kappa shape index (κ2) is 7.56. The first-order valence-corrected chi connectivity index (χ1v) is 8.60. The van der Waals surface area contributed by atoms with Crippen molar-refractivity contribution in [2.75, 3.05) is 11.9 Å². The maximum absolute atomic E-state index is 12.3. The summed E-state index contributed by atoms with van der Waals surface area (Å²) in [6.45, 7) is 4.32. The molecule has 0 spiro atoms. The molecular formula is C20H20N4O3. The highest BCUT2D eigenvalue weighted by molar-refractivity contribution is 5.90. The molecule has 7 heteroatoms. The van der Waals surface area contributed by atoms with E-state index in [4.69, 9.17) is 10.00 Å². The van der Waals surface area contributed by atoms with Crippen LogP contribution in [0.1, 0.15) is 31.5 Å². The van der Waals surface area contributed by atoms with Gasteiger partial charge in [0, 0.05) is 11.8 Å². The first-order chi connectivity index (χ1) is 12.9. The van der Waals surface area contributed by atoms with Crippen LogP contribution < -0.4 is 10.9 Å². The summed E-state index contributed by atoms with van der Waals surface area (Å²) in [5.41, 5.74) is 1.98. The van der Waals surface area contributed by atoms with Gasteiger partial charge in [-0.05, 0) is 62.2 Å². The number of rotatable bonds is 4. The van der Waals surface area contributed by atoms with E-state index in [1.807, 2.05) is 26.0 Å². The Kier molecular flexibility index (Phi) is 5.19. The standard InChI is InChI=1S/C20H20N4O3/c1-20(2)11-15(9-10-27-20)17-7-8-19(26)24(23-17)13-18(25)22-16-5-3-14(12-21)4-6-16/h3-8,11H,9-10,13H2,1-2H3,(H,22,25). The Labute approximate surface area is 156 Å². The number of anilines is 1. The number of ether oxygens (including phenoxy) is 1. The minimum absolute atomic E-state index is 0.195. The van der Waals surface area contributed by atoms with Crippen LogP contribution in [-0.2, 0) is 16.1 Å². The number of hydrogen-bond acceptors (Lipinski definition) is 5. The van der Waals surface area contributed by atoms with Crippen LogP contribution in [-0.4, -0.2) is 27.9 Å². The van der Waals surface area contributed by atoms with Crippen LogP contribution in [0.3, 0.4) is 0 Å². The Hall–Kier alpha value is -3.24. The number of nitrogens with one attached hydrogen (secondary N) is 1. The van der Waals surface area contributed by atoms with E-state index in [1.54, 1.807) is 30.3 Å². The monoisotopic (exact) mass is 364 g/mol. The third kappa shape index (κ3) is 4.68. The van der Waals surface area contributed by atoms with Crippen molar-refractivity contribution in [1.82, 2.24) is 9.78 Å². The zero-order valence-electron chi connectivity index (χ0n) is 15.2. The van der Waals surface area contributed by atoms with Crippen LogP contribution in [0.15, 0.2) is 47.3 Å². The molecule has 1 N–H and O–H groups in total. The van der Waals surface area contributed by atoms with Gasteiger partial charge in [0.2, 0.25) is 5.91 Å². The van der Waals surface area contributed by atoms with Gasteiger partial charge in [-0.25, -0.2) is 4.68 Å². The van der Waals surface area contributed by atoms with Gasteiger partial charge in [-0.2, -0.15) is 10.4 Å². The van der Waals surface area contributed by atoms with Gasteiger partial charge < -0.3 is 10.1 Å². The topological polar surface area (TPSA) is 97.0 Å². The molecular weight excluding hydrogens is 344 g/mol. The van der Waals surface area contributed by atoms with Gasteiger partial charge in [0.1, 0.15) is 6.54 Å². The molecule has 0 fully saturated rings. The third-order valence-corrected chi connectivity index (χ3v) is 4.15. The number of benzene rings is 1. The van der Waals surface area contributed by atoms with E-state index in [0.717, 1.165) is 10.3 Å². The molecule has 1 aliphatic heterocycles. The minimum atomic E-state index is -0.386. The summed E-state index contributed by atoms with van der Waals surface area (Å²) in [4.78, 5) is 24.4. The van der Waals surface area contributed by atoms with Crippen molar-refractivity contribution in [2.24, 2.45) is 0 Å². The molecule has 0 saturated heterocycles. The highest BCUT2D eigenvalue weighted by atomic mass is 16.5. The molecule has 1 aromatic carbocycles. The van der Waals surface area contributed by atoms with Crippen molar-refractivity contribution in [3.63, 3.8) is 0 Å². The Morgan fingerprint density at radius 1 is 1.30 bits per heavy atom. The quantitative estimate of drug-likeness (QED) is 0.898. The molecule has 0 radical (unpaired) electrons. The number of aromatic nitrogens is 2. The molecule has 7 nitrogen and oxygen atoms in total. The molecule has 0 atom stereocenters. The lowest BCUT2D eigenvalue weighted by Crippen LogP contribution is -2.31. The molecule has 2 heterocycles. The van der Waals surface area contributed by atoms with Crippen molar-refractivity contribution in [1.29, 1.82) is 5.26 Å². The molecule has 27 heavy (non-hydrogen) atoms. The molecule has 1 aliphatic rings. The van der Waals surface area contributed by atoms with E-state index in [2.05, 4.69) is 10.4 Å². The summed E-state index contributed by atoms with van der Waals surface area (Å²) < 4.78 is 6.81. The molecule has 0 saturated carbocycles. The zero-order chi connectivity index (χ0) is 19.4. The lowest BCUT2D eigenvalue weighted by Gasteiger charge is -2.28. The van der Waals surface area contributed by atoms with Gasteiger partial charge in [0.15, 0.2) is 0 Å². The van der Waals surface area contributed by atoms with Gasteiger partial charge in [0.25, 0.3) is 5.56 Å². The van der Waals surface area contributed by atoms with Crippen LogP contribution >= 0.6 is 0 Å². The summed E-state index contributed by atoms with van der Waals surface area (Å²) in [5, 5.41) is 15.9. The molecule has 3 rings (SSSR count). The predicted molar refractivity (Wildman–Crippen MR) is 101 cm³/mol. The minimum Gasteiger partial charge on any atom is -0.371 e. The summed E-state index contributed by atoms with van der Waals surface area (Å²) in [7, 11) is 0. The maximum atomic E-state index is 12.3. The van der Waals surface area contributed by atoms with E-state index < -0.39 is 0 Å². The summed E-state index contributed by atoms with van der Waals surface area (Å²) in [6.07, 6.45) is 2.69. The first-order valence-electron chi connectivity index (χ1n) is 8.60. The molecule has 0 bridgehead atoms. The molecule has 1 aromatic heterocycles. The molecule has 0 aliphatic carbocycles. The van der Waals surface area contributed by atoms with Gasteiger partial charge in [0.05, 0.1) is 29.5 Å². The van der Waals surface area contributed by atoms with Gasteiger partial charge in [-0.3, -0.25) is 9.59 Å². The summed E-state index contributed by atoms with van der Waals surface area (Å²) in [5.74, 6) is -0.368. The van der Waals surface area contributed by atoms with Crippen LogP contribution in [0.5, 0.6) is 0 Å². The van der Waals surface area contributed by atoms with E-state index in [-0.39, 0.29) is 23.6 Å². The molecule has 0 unspecified atom stereocenters. The molecule has 1 amide bonds. The van der Waals surface area contributed by atoms with Crippen molar-refractivity contribution >= 4 is 17.2 Å². The van der Waals surface area contributed by atoms with Gasteiger partial charge in [-0.1, -0.05) is 0 Å². The SMILES string of the molecule is CC1(C)C=C(c2ccc(=O)n(CC(=O)Nc3ccc(C#N)cc3)n2)CCO1. The van der Waals surface area contributed by atoms with E-state index >= 15 is 0 Å². The lowest BCUT2D eigenvalue weighted by atomic mass is 9.97. The Morgan fingerprint density at radius 3 is 2.70 bits per heavy atom. The zero-order valence-corrected chi connectivity index (χ0v) is 15.2. The number of nitrogens with zero attached hydrogens (tertiary/aromatic N) is 3. The van der Waals surface area contributed by atoms with Crippen molar-refractivity contribution in [2.45, 2.75) is 32.4 Å². The first kappa shape index (κ1) is 18.5. The fourth-order valence-electron chi connectivity index (χ4n) is 2.86. The van der Waals surface area contributed by atoms with Crippen LogP contribution in [0, 0.1) is 11.3 Å². The maximum Gasteiger partial charge on any atom is 0.267 e. The second-order valence-corrected chi connectivity index (χ2v) is 6.82. The van der Waals surface area contributed by atoms with Gasteiger partial charge in [-0.15, -0.1) is 0 Å². The Bertz CT molecular complexity index is 982. The fourth-order valence-corrected chi connectivity index (χ4v) is 2.86. The average molecular weight is 364 g/mol. The Morgan fingerprint density at radius 2 is 2.04 bits per heavy atom. The van der Waals surface area contributed by atoms with Crippen molar-refractivity contribution in [3.8, 4) is 6.07 Å². The largest absolute Gasteiger partial charge is 0.371 e. The average Bonchev–Trinajstić information content (AvgIpc) is 2.63. The lowest BCUT2D eigenvalue weighted by molar-refractivity contribution is -0.117. The molecule has 138 valence electrons. The predicted octanol–water partition coefficient (Wildman–Crippen LogP) is 2.34. The summed E-state index contributed by atoms with van der Waals surface area (Å²) in [6, 6.07) is 11.6. The normalized spacial score (nSPS) is 15.5. The van der Waals surface area contributed by atoms with Crippen molar-refractivity contribution < 1.29 is 9.53 Å². The number of carbonyl (C=O) groups is 1. The number of hydrogen-bond donors (Lipinski definition) is 1. The van der Waals surface area contributed by atoms with Crippen LogP contribution in [0.2, 0.25) is 0 Å². The highest BCUT2D eigenvalue weighted by Crippen LogP contribution is 2.27. The van der Waals surface area contributed by atoms with E-state index in [1.165, 1.54) is 6.07 Å². The fraction of sp³-hybridized carbons (Fsp3) is 0.300. The Balaban J connectivity index is 1.76. The molecule has 2 aromatic rings. The van der Waals surface area contributed by atoms with Crippen LogP contribution in [0.4, 0.5) is 5.69 Å². The smallest absolute Gasteiger partial charge is 0.267 e. The number of nitriles is 1. The number of carbonyl (C=O) groups excluding carboxylic acids is 1.